The molecule has 0 saturated heterocycles. The Morgan fingerprint density at radius 2 is 1.73 bits per heavy atom. The van der Waals surface area contributed by atoms with E-state index >= 15 is 0 Å². The van der Waals surface area contributed by atoms with Crippen molar-refractivity contribution < 1.29 is 0 Å². The third kappa shape index (κ3) is 10.7. The third-order valence-electron chi connectivity index (χ3n) is 2.35. The van der Waals surface area contributed by atoms with Crippen molar-refractivity contribution in [3.8, 4) is 12.8 Å². The summed E-state index contributed by atoms with van der Waals surface area (Å²) in [5.41, 5.74) is 4.51. The second-order valence-electron chi connectivity index (χ2n) is 4.11. The van der Waals surface area contributed by atoms with Gasteiger partial charge in [0.25, 0.3) is 0 Å². The van der Waals surface area contributed by atoms with Crippen LogP contribution in [0.4, 0.5) is 0 Å². The summed E-state index contributed by atoms with van der Waals surface area (Å²) in [6.45, 7) is 19.8. The van der Waals surface area contributed by atoms with Crippen LogP contribution in [0.5, 0.6) is 0 Å². The van der Waals surface area contributed by atoms with Crippen LogP contribution in [0.15, 0.2) is 65.4 Å². The van der Waals surface area contributed by atoms with Gasteiger partial charge in [0.15, 0.2) is 0 Å². The van der Waals surface area contributed by atoms with E-state index in [2.05, 4.69) is 50.9 Å². The number of hydrogen-bond acceptors (Lipinski definition) is 1. The maximum Gasteiger partial charge on any atom is 0.0523 e. The fourth-order valence-corrected chi connectivity index (χ4v) is 1.56. The lowest BCUT2D eigenvalue weighted by molar-refractivity contribution is 1.09. The van der Waals surface area contributed by atoms with Gasteiger partial charge < -0.3 is 0 Å². The van der Waals surface area contributed by atoms with E-state index in [0.29, 0.717) is 0 Å². The molecule has 0 N–H and O–H groups in total. The third-order valence-corrected chi connectivity index (χ3v) is 2.35. The van der Waals surface area contributed by atoms with E-state index in [1.165, 1.54) is 12.0 Å². The molecular weight excluding hydrogens is 266 g/mol. The molecule has 0 aromatic heterocycles. The molecule has 122 valence electrons. The van der Waals surface area contributed by atoms with Crippen molar-refractivity contribution in [2.24, 2.45) is 4.99 Å². The van der Waals surface area contributed by atoms with Gasteiger partial charge in [0.2, 0.25) is 0 Å². The van der Waals surface area contributed by atoms with Gasteiger partial charge in [-0.1, -0.05) is 77.7 Å². The normalized spacial score (nSPS) is 12.9. The predicted molar refractivity (Wildman–Crippen MR) is 105 cm³/mol. The quantitative estimate of drug-likeness (QED) is 0.406. The van der Waals surface area contributed by atoms with Crippen LogP contribution in [-0.4, -0.2) is 5.71 Å². The number of hydrogen-bond donors (Lipinski definition) is 0. The van der Waals surface area contributed by atoms with E-state index in [4.69, 9.17) is 0 Å². The number of aliphatic imine (C=N–C) groups is 1. The van der Waals surface area contributed by atoms with Gasteiger partial charge in [0.1, 0.15) is 0 Å². The van der Waals surface area contributed by atoms with E-state index in [9.17, 15) is 0 Å². The standard InChI is InChI=1S/C14H17N.C3H8.C2H6.C2H2/c1-5-8-13(9-6-2)14-10-12(7-3)11(4)15-14;1-3-2;2*1-2/h5-9H,1,3,10H2,2,4H3;3H2,1-2H3;1-2H3;1-2H/b9-6-,13-8+;;;. The summed E-state index contributed by atoms with van der Waals surface area (Å²) in [7, 11) is 0. The minimum absolute atomic E-state index is 0.874. The van der Waals surface area contributed by atoms with E-state index in [-0.39, 0.29) is 0 Å². The topological polar surface area (TPSA) is 12.4 Å². The fourth-order valence-electron chi connectivity index (χ4n) is 1.56. The Morgan fingerprint density at radius 3 is 2.05 bits per heavy atom. The van der Waals surface area contributed by atoms with E-state index in [1.54, 1.807) is 6.08 Å². The molecule has 1 aliphatic heterocycles. The molecule has 1 nitrogen and oxygen atoms in total. The molecule has 1 aliphatic rings. The van der Waals surface area contributed by atoms with Gasteiger partial charge in [-0.3, -0.25) is 4.99 Å². The molecule has 0 aromatic carbocycles. The molecule has 0 bridgehead atoms. The Hall–Kier alpha value is -2.07. The maximum atomic E-state index is 4.54. The first-order valence-corrected chi connectivity index (χ1v) is 7.83. The minimum Gasteiger partial charge on any atom is -0.257 e. The highest BCUT2D eigenvalue weighted by molar-refractivity contribution is 6.06. The van der Waals surface area contributed by atoms with Gasteiger partial charge in [0.05, 0.1) is 5.71 Å². The highest BCUT2D eigenvalue weighted by Crippen LogP contribution is 2.24. The summed E-state index contributed by atoms with van der Waals surface area (Å²) in [4.78, 5) is 4.54. The molecule has 1 rings (SSSR count). The molecule has 1 heterocycles. The first-order chi connectivity index (χ1) is 10.6. The highest BCUT2D eigenvalue weighted by atomic mass is 14.8. The average molecular weight is 300 g/mol. The van der Waals surface area contributed by atoms with E-state index < -0.39 is 0 Å². The van der Waals surface area contributed by atoms with Crippen molar-refractivity contribution in [1.29, 1.82) is 0 Å². The molecule has 0 unspecified atom stereocenters. The van der Waals surface area contributed by atoms with Crippen LogP contribution < -0.4 is 0 Å². The summed E-state index contributed by atoms with van der Waals surface area (Å²) < 4.78 is 0. The summed E-state index contributed by atoms with van der Waals surface area (Å²) in [6.07, 6.45) is 19.8. The zero-order chi connectivity index (χ0) is 18.0. The van der Waals surface area contributed by atoms with Gasteiger partial charge in [0, 0.05) is 12.1 Å². The van der Waals surface area contributed by atoms with Crippen LogP contribution in [0.1, 0.15) is 54.4 Å². The lowest BCUT2D eigenvalue weighted by Gasteiger charge is -2.00. The molecule has 0 amide bonds. The fraction of sp³-hybridized carbons (Fsp3) is 0.381. The van der Waals surface area contributed by atoms with Crippen LogP contribution in [0.25, 0.3) is 0 Å². The molecule has 0 radical (unpaired) electrons. The number of nitrogens with zero attached hydrogens (tertiary/aromatic N) is 1. The number of allylic oxidation sites excluding steroid dienone is 8. The van der Waals surface area contributed by atoms with Crippen molar-refractivity contribution in [3.63, 3.8) is 0 Å². The largest absolute Gasteiger partial charge is 0.257 e. The Balaban J connectivity index is -0.000000446. The number of terminal acetylenes is 1. The summed E-state index contributed by atoms with van der Waals surface area (Å²) in [5.74, 6) is 0. The predicted octanol–water partition coefficient (Wildman–Crippen LogP) is 6.67. The molecule has 0 spiro atoms. The second-order valence-corrected chi connectivity index (χ2v) is 4.11. The smallest absolute Gasteiger partial charge is 0.0523 e. The van der Waals surface area contributed by atoms with E-state index in [1.807, 2.05) is 45.9 Å². The number of rotatable bonds is 4. The maximum absolute atomic E-state index is 4.54. The van der Waals surface area contributed by atoms with Crippen LogP contribution >= 0.6 is 0 Å². The lowest BCUT2D eigenvalue weighted by atomic mass is 10.0. The van der Waals surface area contributed by atoms with Crippen molar-refractivity contribution in [2.45, 2.75) is 54.4 Å². The van der Waals surface area contributed by atoms with Gasteiger partial charge in [-0.15, -0.1) is 12.8 Å². The van der Waals surface area contributed by atoms with Crippen molar-refractivity contribution >= 4 is 5.71 Å². The Kier molecular flexibility index (Phi) is 21.4. The second kappa shape index (κ2) is 18.9. The lowest BCUT2D eigenvalue weighted by Crippen LogP contribution is -1.97. The minimum atomic E-state index is 0.874. The zero-order valence-corrected chi connectivity index (χ0v) is 15.3. The monoisotopic (exact) mass is 299 g/mol. The molecule has 0 fully saturated rings. The summed E-state index contributed by atoms with van der Waals surface area (Å²) in [6, 6.07) is 0. The highest BCUT2D eigenvalue weighted by Gasteiger charge is 2.14. The van der Waals surface area contributed by atoms with Crippen molar-refractivity contribution in [3.05, 3.63) is 60.4 Å². The summed E-state index contributed by atoms with van der Waals surface area (Å²) >= 11 is 0. The van der Waals surface area contributed by atoms with Gasteiger partial charge in [-0.25, -0.2) is 0 Å². The molecule has 0 aliphatic carbocycles. The van der Waals surface area contributed by atoms with E-state index in [0.717, 1.165) is 23.4 Å². The van der Waals surface area contributed by atoms with Crippen LogP contribution in [0.3, 0.4) is 0 Å². The molecule has 22 heavy (non-hydrogen) atoms. The SMILES string of the molecule is C#C.C=C/C=C(\C=C/C)C1=NC(C)=C(C=C)C1.CC.CCC. The zero-order valence-electron chi connectivity index (χ0n) is 15.3. The van der Waals surface area contributed by atoms with Crippen LogP contribution in [-0.2, 0) is 0 Å². The Bertz CT molecular complexity index is 440. The first kappa shape index (κ1) is 24.9. The van der Waals surface area contributed by atoms with Crippen LogP contribution in [0.2, 0.25) is 0 Å². The average Bonchev–Trinajstić information content (AvgIpc) is 2.93. The Morgan fingerprint density at radius 1 is 1.23 bits per heavy atom. The van der Waals surface area contributed by atoms with Crippen molar-refractivity contribution in [2.75, 3.05) is 0 Å². The first-order valence-electron chi connectivity index (χ1n) is 7.83. The molecular formula is C21H33N. The van der Waals surface area contributed by atoms with Gasteiger partial charge in [-0.2, -0.15) is 0 Å². The van der Waals surface area contributed by atoms with Gasteiger partial charge in [-0.05, 0) is 25.0 Å². The molecule has 0 saturated carbocycles. The summed E-state index contributed by atoms with van der Waals surface area (Å²) in [5, 5.41) is 0. The van der Waals surface area contributed by atoms with Gasteiger partial charge >= 0.3 is 0 Å². The van der Waals surface area contributed by atoms with Crippen molar-refractivity contribution in [1.82, 2.24) is 0 Å². The molecule has 1 heteroatoms. The molecule has 0 atom stereocenters. The Labute approximate surface area is 138 Å². The molecule has 0 aromatic rings. The van der Waals surface area contributed by atoms with Crippen LogP contribution in [0, 0.1) is 12.8 Å².